The number of halogens is 1. The van der Waals surface area contributed by atoms with E-state index in [2.05, 4.69) is 15.6 Å². The zero-order valence-electron chi connectivity index (χ0n) is 13.0. The zero-order valence-corrected chi connectivity index (χ0v) is 13.7. The summed E-state index contributed by atoms with van der Waals surface area (Å²) in [5.74, 6) is 0.0761. The first-order valence-electron chi connectivity index (χ1n) is 7.14. The van der Waals surface area contributed by atoms with Crippen LogP contribution in [0.4, 0.5) is 11.5 Å². The maximum absolute atomic E-state index is 12.2. The van der Waals surface area contributed by atoms with Gasteiger partial charge in [0.1, 0.15) is 17.6 Å². The minimum absolute atomic E-state index is 0.207. The maximum Gasteiger partial charge on any atom is 0.255 e. The molecule has 0 fully saturated rings. The lowest BCUT2D eigenvalue weighted by atomic mass is 10.2. The van der Waals surface area contributed by atoms with Crippen LogP contribution in [-0.2, 0) is 9.59 Å². The van der Waals surface area contributed by atoms with Gasteiger partial charge in [-0.05, 0) is 31.2 Å². The highest BCUT2D eigenvalue weighted by Crippen LogP contribution is 2.18. The number of rotatable bonds is 7. The average Bonchev–Trinajstić information content (AvgIpc) is 2.55. The number of carbonyl (C=O) groups excluding carboxylic acids is 2. The van der Waals surface area contributed by atoms with E-state index in [0.717, 1.165) is 0 Å². The fourth-order valence-corrected chi connectivity index (χ4v) is 1.94. The molecule has 4 N–H and O–H groups in total. The average molecular weight is 349 g/mol. The molecule has 0 aliphatic heterocycles. The van der Waals surface area contributed by atoms with Gasteiger partial charge >= 0.3 is 0 Å². The van der Waals surface area contributed by atoms with Crippen molar-refractivity contribution in [2.45, 2.75) is 13.0 Å². The van der Waals surface area contributed by atoms with Crippen LogP contribution in [0.5, 0.6) is 5.75 Å². The smallest absolute Gasteiger partial charge is 0.255 e. The lowest BCUT2D eigenvalue weighted by Gasteiger charge is -2.15. The van der Waals surface area contributed by atoms with Crippen molar-refractivity contribution in [1.82, 2.24) is 4.98 Å². The summed E-state index contributed by atoms with van der Waals surface area (Å²) < 4.78 is 5.22. The molecule has 0 saturated carbocycles. The number of pyridine rings is 1. The van der Waals surface area contributed by atoms with E-state index in [1.54, 1.807) is 43.3 Å². The molecule has 1 heterocycles. The van der Waals surface area contributed by atoms with E-state index < -0.39 is 11.9 Å². The second-order valence-corrected chi connectivity index (χ2v) is 5.44. The van der Waals surface area contributed by atoms with Crippen molar-refractivity contribution in [1.29, 1.82) is 0 Å². The number of aromatic nitrogens is 1. The van der Waals surface area contributed by atoms with Crippen molar-refractivity contribution in [3.63, 3.8) is 0 Å². The lowest BCUT2D eigenvalue weighted by Crippen LogP contribution is -2.32. The second-order valence-electron chi connectivity index (χ2n) is 5.00. The van der Waals surface area contributed by atoms with Gasteiger partial charge in [0.15, 0.2) is 6.61 Å². The monoisotopic (exact) mass is 348 g/mol. The normalized spacial score (nSPS) is 11.4. The highest BCUT2D eigenvalue weighted by Gasteiger charge is 2.13. The van der Waals surface area contributed by atoms with Gasteiger partial charge < -0.3 is 21.1 Å². The van der Waals surface area contributed by atoms with E-state index in [4.69, 9.17) is 22.1 Å². The van der Waals surface area contributed by atoms with E-state index in [-0.39, 0.29) is 12.5 Å². The quantitative estimate of drug-likeness (QED) is 0.710. The summed E-state index contributed by atoms with van der Waals surface area (Å²) in [6.45, 7) is 1.50. The summed E-state index contributed by atoms with van der Waals surface area (Å²) in [5, 5.41) is 6.21. The summed E-state index contributed by atoms with van der Waals surface area (Å²) >= 11 is 5.75. The van der Waals surface area contributed by atoms with Crippen LogP contribution in [0.25, 0.3) is 0 Å². The number of primary amides is 1. The molecule has 8 heteroatoms. The van der Waals surface area contributed by atoms with Crippen molar-refractivity contribution < 1.29 is 14.3 Å². The van der Waals surface area contributed by atoms with E-state index in [0.29, 0.717) is 22.3 Å². The fraction of sp³-hybridized carbons (Fsp3) is 0.188. The minimum atomic E-state index is -0.559. The molecule has 126 valence electrons. The van der Waals surface area contributed by atoms with Crippen LogP contribution in [0.15, 0.2) is 42.6 Å². The van der Waals surface area contributed by atoms with Gasteiger partial charge in [-0.2, -0.15) is 0 Å². The molecule has 1 atom stereocenters. The molecule has 0 aliphatic carbocycles. The molecule has 2 aromatic rings. The molecule has 24 heavy (non-hydrogen) atoms. The standard InChI is InChI=1S/C16H17ClN4O3/c1-10(16(23)21-15-6-5-11(17)8-19-15)20-12-3-2-4-13(7-12)24-9-14(18)22/h2-8,10,20H,9H2,1H3,(H2,18,22)(H,19,21,23). The molecule has 0 radical (unpaired) electrons. The number of benzene rings is 1. The largest absolute Gasteiger partial charge is 0.484 e. The number of hydrogen-bond donors (Lipinski definition) is 3. The van der Waals surface area contributed by atoms with Crippen molar-refractivity contribution in [2.24, 2.45) is 5.73 Å². The lowest BCUT2D eigenvalue weighted by molar-refractivity contribution is -0.120. The molecule has 7 nitrogen and oxygen atoms in total. The summed E-state index contributed by atoms with van der Waals surface area (Å²) in [4.78, 5) is 26.9. The van der Waals surface area contributed by atoms with E-state index in [1.165, 1.54) is 6.20 Å². The number of nitrogens with two attached hydrogens (primary N) is 1. The van der Waals surface area contributed by atoms with Crippen molar-refractivity contribution in [2.75, 3.05) is 17.2 Å². The highest BCUT2D eigenvalue weighted by atomic mass is 35.5. The Kier molecular flexibility index (Phi) is 5.97. The predicted octanol–water partition coefficient (Wildman–Crippen LogP) is 2.04. The Morgan fingerprint density at radius 3 is 2.79 bits per heavy atom. The van der Waals surface area contributed by atoms with Gasteiger partial charge in [-0.3, -0.25) is 9.59 Å². The van der Waals surface area contributed by atoms with Gasteiger partial charge in [0.25, 0.3) is 5.91 Å². The molecule has 2 amide bonds. The van der Waals surface area contributed by atoms with Crippen molar-refractivity contribution >= 4 is 34.9 Å². The van der Waals surface area contributed by atoms with E-state index in [1.807, 2.05) is 0 Å². The first-order chi connectivity index (χ1) is 11.4. The number of carbonyl (C=O) groups is 2. The molecule has 1 aromatic heterocycles. The predicted molar refractivity (Wildman–Crippen MR) is 92.1 cm³/mol. The van der Waals surface area contributed by atoms with Crippen LogP contribution in [0.2, 0.25) is 5.02 Å². The van der Waals surface area contributed by atoms with Crippen LogP contribution in [-0.4, -0.2) is 29.4 Å². The molecule has 0 saturated heterocycles. The Morgan fingerprint density at radius 1 is 1.33 bits per heavy atom. The van der Waals surface area contributed by atoms with Gasteiger partial charge in [-0.15, -0.1) is 0 Å². The number of amides is 2. The fourth-order valence-electron chi connectivity index (χ4n) is 1.83. The number of hydrogen-bond acceptors (Lipinski definition) is 5. The van der Waals surface area contributed by atoms with Gasteiger partial charge in [0, 0.05) is 18.0 Å². The number of anilines is 2. The topological polar surface area (TPSA) is 106 Å². The third kappa shape index (κ3) is 5.44. The third-order valence-corrected chi connectivity index (χ3v) is 3.19. The zero-order chi connectivity index (χ0) is 17.5. The number of nitrogens with one attached hydrogen (secondary N) is 2. The van der Waals surface area contributed by atoms with Crippen molar-refractivity contribution in [3.8, 4) is 5.75 Å². The van der Waals surface area contributed by atoms with Crippen LogP contribution in [0.3, 0.4) is 0 Å². The Labute approximate surface area is 144 Å². The summed E-state index contributed by atoms with van der Waals surface area (Å²) in [5.41, 5.74) is 5.70. The van der Waals surface area contributed by atoms with Crippen LogP contribution in [0.1, 0.15) is 6.92 Å². The van der Waals surface area contributed by atoms with Crippen LogP contribution >= 0.6 is 11.6 Å². The first kappa shape index (κ1) is 17.6. The molecule has 0 aliphatic rings. The molecular formula is C16H17ClN4O3. The SMILES string of the molecule is CC(Nc1cccc(OCC(N)=O)c1)C(=O)Nc1ccc(Cl)cn1. The van der Waals surface area contributed by atoms with Gasteiger partial charge in [-0.1, -0.05) is 17.7 Å². The number of nitrogens with zero attached hydrogens (tertiary/aromatic N) is 1. The Balaban J connectivity index is 1.94. The van der Waals surface area contributed by atoms with E-state index in [9.17, 15) is 9.59 Å². The van der Waals surface area contributed by atoms with Crippen LogP contribution < -0.4 is 21.1 Å². The number of ether oxygens (including phenoxy) is 1. The molecule has 1 aromatic carbocycles. The molecule has 1 unspecified atom stereocenters. The Bertz CT molecular complexity index is 722. The van der Waals surface area contributed by atoms with Gasteiger partial charge in [0.05, 0.1) is 5.02 Å². The Morgan fingerprint density at radius 2 is 2.12 bits per heavy atom. The maximum atomic E-state index is 12.2. The van der Waals surface area contributed by atoms with Gasteiger partial charge in [-0.25, -0.2) is 4.98 Å². The summed E-state index contributed by atoms with van der Waals surface area (Å²) in [6, 6.07) is 9.62. The van der Waals surface area contributed by atoms with Gasteiger partial charge in [0.2, 0.25) is 5.91 Å². The summed E-state index contributed by atoms with van der Waals surface area (Å²) in [6.07, 6.45) is 1.45. The minimum Gasteiger partial charge on any atom is -0.484 e. The van der Waals surface area contributed by atoms with Crippen molar-refractivity contribution in [3.05, 3.63) is 47.6 Å². The molecule has 0 spiro atoms. The summed E-state index contributed by atoms with van der Waals surface area (Å²) in [7, 11) is 0. The molecule has 0 bridgehead atoms. The molecular weight excluding hydrogens is 332 g/mol. The second kappa shape index (κ2) is 8.16. The van der Waals surface area contributed by atoms with E-state index >= 15 is 0 Å². The third-order valence-electron chi connectivity index (χ3n) is 2.97. The Hall–Kier alpha value is -2.80. The molecule has 2 rings (SSSR count). The van der Waals surface area contributed by atoms with Crippen LogP contribution in [0, 0.1) is 0 Å². The highest BCUT2D eigenvalue weighted by molar-refractivity contribution is 6.30. The first-order valence-corrected chi connectivity index (χ1v) is 7.52.